The number of sulfonamides is 1. The largest absolute Gasteiger partial charge is 0.497 e. The molecule has 1 aromatic carbocycles. The molecule has 0 aliphatic heterocycles. The van der Waals surface area contributed by atoms with E-state index in [-0.39, 0.29) is 15.8 Å². The van der Waals surface area contributed by atoms with Crippen LogP contribution in [0.2, 0.25) is 0 Å². The number of aromatic nitrogens is 1. The topological polar surface area (TPSA) is 120 Å². The molecule has 1 amide bonds. The maximum absolute atomic E-state index is 12.8. The minimum absolute atomic E-state index is 0.118. The van der Waals surface area contributed by atoms with E-state index in [0.717, 1.165) is 11.3 Å². The minimum Gasteiger partial charge on any atom is -0.497 e. The highest BCUT2D eigenvalue weighted by Crippen LogP contribution is 2.33. The van der Waals surface area contributed by atoms with Crippen LogP contribution in [0, 0.1) is 6.92 Å². The molecule has 0 saturated heterocycles. The molecule has 2 heterocycles. The third kappa shape index (κ3) is 5.25. The molecule has 164 valence electrons. The summed E-state index contributed by atoms with van der Waals surface area (Å²) in [6.07, 6.45) is 3.30. The van der Waals surface area contributed by atoms with Crippen LogP contribution in [0.5, 0.6) is 11.5 Å². The quantitative estimate of drug-likeness (QED) is 0.518. The zero-order chi connectivity index (χ0) is 22.6. The van der Waals surface area contributed by atoms with Crippen LogP contribution in [0.15, 0.2) is 39.1 Å². The molecule has 0 unspecified atom stereocenters. The summed E-state index contributed by atoms with van der Waals surface area (Å²) in [5, 5.41) is 6.50. The lowest BCUT2D eigenvalue weighted by atomic mass is 10.2. The number of anilines is 2. The van der Waals surface area contributed by atoms with Gasteiger partial charge in [0.25, 0.3) is 10.0 Å². The van der Waals surface area contributed by atoms with Crippen molar-refractivity contribution in [3.05, 3.63) is 46.7 Å². The maximum Gasteiger partial charge on any atom is 0.271 e. The van der Waals surface area contributed by atoms with Crippen LogP contribution in [0.4, 0.5) is 11.4 Å². The Morgan fingerprint density at radius 2 is 1.94 bits per heavy atom. The van der Waals surface area contributed by atoms with Crippen molar-refractivity contribution in [3.63, 3.8) is 0 Å². The summed E-state index contributed by atoms with van der Waals surface area (Å²) in [4.78, 5) is 12.0. The van der Waals surface area contributed by atoms with Gasteiger partial charge in [0.05, 0.1) is 19.9 Å². The van der Waals surface area contributed by atoms with Crippen molar-refractivity contribution in [1.29, 1.82) is 0 Å². The van der Waals surface area contributed by atoms with Gasteiger partial charge in [-0.25, -0.2) is 8.42 Å². The average Bonchev–Trinajstić information content (AvgIpc) is 3.34. The number of carbonyl (C=O) groups excluding carboxylic acids is 1. The maximum atomic E-state index is 12.8. The molecule has 3 rings (SSSR count). The molecule has 0 saturated carbocycles. The van der Waals surface area contributed by atoms with Gasteiger partial charge in [0, 0.05) is 17.9 Å². The van der Waals surface area contributed by atoms with E-state index < -0.39 is 10.0 Å². The number of nitrogens with one attached hydrogen (secondary N) is 2. The molecule has 11 heteroatoms. The zero-order valence-corrected chi connectivity index (χ0v) is 18.9. The van der Waals surface area contributed by atoms with E-state index in [2.05, 4.69) is 15.2 Å². The van der Waals surface area contributed by atoms with E-state index >= 15 is 0 Å². The van der Waals surface area contributed by atoms with Crippen molar-refractivity contribution >= 4 is 50.8 Å². The van der Waals surface area contributed by atoms with Crippen molar-refractivity contribution in [2.45, 2.75) is 18.1 Å². The Kier molecular flexibility index (Phi) is 6.66. The Morgan fingerprint density at radius 1 is 1.16 bits per heavy atom. The van der Waals surface area contributed by atoms with Gasteiger partial charge in [-0.1, -0.05) is 5.16 Å². The summed E-state index contributed by atoms with van der Waals surface area (Å²) < 4.78 is 43.9. The Morgan fingerprint density at radius 3 is 2.61 bits per heavy atom. The highest BCUT2D eigenvalue weighted by molar-refractivity contribution is 7.94. The van der Waals surface area contributed by atoms with Gasteiger partial charge >= 0.3 is 0 Å². The van der Waals surface area contributed by atoms with Gasteiger partial charge in [0.15, 0.2) is 5.76 Å². The molecule has 0 atom stereocenters. The van der Waals surface area contributed by atoms with Gasteiger partial charge in [0.2, 0.25) is 5.91 Å². The van der Waals surface area contributed by atoms with E-state index in [1.165, 1.54) is 27.2 Å². The number of amides is 1. The number of rotatable bonds is 8. The van der Waals surface area contributed by atoms with Gasteiger partial charge in [-0.15, -0.1) is 11.3 Å². The fourth-order valence-electron chi connectivity index (χ4n) is 2.64. The van der Waals surface area contributed by atoms with Crippen LogP contribution < -0.4 is 19.5 Å². The van der Waals surface area contributed by atoms with Crippen molar-refractivity contribution in [2.75, 3.05) is 24.3 Å². The lowest BCUT2D eigenvalue weighted by Crippen LogP contribution is -2.12. The van der Waals surface area contributed by atoms with Crippen molar-refractivity contribution in [1.82, 2.24) is 5.16 Å². The predicted molar refractivity (Wildman–Crippen MR) is 119 cm³/mol. The number of ether oxygens (including phenoxy) is 2. The van der Waals surface area contributed by atoms with Crippen LogP contribution in [-0.4, -0.2) is 33.7 Å². The fourth-order valence-corrected chi connectivity index (χ4v) is 4.93. The standard InChI is InChI=1S/C20H21N3O6S2/c1-12-20(21-13(2)24)18(29-22-12)9-6-15-7-10-19(30-15)31(25,26)23-16-11-14(27-3)5-8-17(16)28-4/h5-11,23H,1-4H3,(H,21,24). The van der Waals surface area contributed by atoms with Gasteiger partial charge < -0.3 is 19.3 Å². The molecule has 9 nitrogen and oxygen atoms in total. The van der Waals surface area contributed by atoms with Crippen molar-refractivity contribution < 1.29 is 27.2 Å². The lowest BCUT2D eigenvalue weighted by molar-refractivity contribution is -0.114. The Hall–Kier alpha value is -3.31. The Balaban J connectivity index is 1.82. The Labute approximate surface area is 183 Å². The molecule has 0 bridgehead atoms. The first kappa shape index (κ1) is 22.4. The van der Waals surface area contributed by atoms with E-state index in [0.29, 0.717) is 33.5 Å². The molecule has 3 aromatic rings. The van der Waals surface area contributed by atoms with E-state index in [9.17, 15) is 13.2 Å². The van der Waals surface area contributed by atoms with Crippen LogP contribution in [0.1, 0.15) is 23.3 Å². The van der Waals surface area contributed by atoms with Crippen molar-refractivity contribution in [2.24, 2.45) is 0 Å². The van der Waals surface area contributed by atoms with Crippen LogP contribution >= 0.6 is 11.3 Å². The number of aryl methyl sites for hydroxylation is 1. The number of thiophene rings is 1. The van der Waals surface area contributed by atoms with E-state index in [1.54, 1.807) is 43.3 Å². The normalized spacial score (nSPS) is 11.5. The Bertz CT molecular complexity index is 1230. The molecule has 0 radical (unpaired) electrons. The molecule has 0 aliphatic carbocycles. The van der Waals surface area contributed by atoms with Crippen LogP contribution in [-0.2, 0) is 14.8 Å². The van der Waals surface area contributed by atoms with Crippen LogP contribution in [0.3, 0.4) is 0 Å². The zero-order valence-electron chi connectivity index (χ0n) is 17.3. The number of hydrogen-bond acceptors (Lipinski definition) is 8. The smallest absolute Gasteiger partial charge is 0.271 e. The summed E-state index contributed by atoms with van der Waals surface area (Å²) in [5.74, 6) is 0.979. The second-order valence-electron chi connectivity index (χ2n) is 6.35. The molecule has 2 aromatic heterocycles. The number of hydrogen-bond donors (Lipinski definition) is 2. The second kappa shape index (κ2) is 9.23. The molecule has 2 N–H and O–H groups in total. The van der Waals surface area contributed by atoms with Gasteiger partial charge in [-0.05, 0) is 43.3 Å². The number of carbonyl (C=O) groups is 1. The first-order valence-corrected chi connectivity index (χ1v) is 11.3. The lowest BCUT2D eigenvalue weighted by Gasteiger charge is -2.12. The van der Waals surface area contributed by atoms with Gasteiger partial charge in [0.1, 0.15) is 27.1 Å². The fraction of sp³-hybridized carbons (Fsp3) is 0.200. The third-order valence-corrected chi connectivity index (χ3v) is 7.01. The number of methoxy groups -OCH3 is 2. The summed E-state index contributed by atoms with van der Waals surface area (Å²) in [6.45, 7) is 3.10. The number of nitrogens with zero attached hydrogens (tertiary/aromatic N) is 1. The SMILES string of the molecule is COc1ccc(OC)c(NS(=O)(=O)c2ccc(C=Cc3onc(C)c3NC(C)=O)s2)c1. The summed E-state index contributed by atoms with van der Waals surface area (Å²) in [6, 6.07) is 8.00. The second-order valence-corrected chi connectivity index (χ2v) is 9.37. The van der Waals surface area contributed by atoms with Crippen LogP contribution in [0.25, 0.3) is 12.2 Å². The highest BCUT2D eigenvalue weighted by Gasteiger charge is 2.19. The predicted octanol–water partition coefficient (Wildman–Crippen LogP) is 3.99. The summed E-state index contributed by atoms with van der Waals surface area (Å²) >= 11 is 1.07. The van der Waals surface area contributed by atoms with Gasteiger partial charge in [-0.2, -0.15) is 0 Å². The molecule has 0 fully saturated rings. The minimum atomic E-state index is -3.85. The molecule has 0 spiro atoms. The monoisotopic (exact) mass is 463 g/mol. The molecule has 31 heavy (non-hydrogen) atoms. The van der Waals surface area contributed by atoms with E-state index in [1.807, 2.05) is 0 Å². The molecular formula is C20H21N3O6S2. The first-order valence-electron chi connectivity index (χ1n) is 9.00. The first-order chi connectivity index (χ1) is 14.7. The molecule has 0 aliphatic rings. The van der Waals surface area contributed by atoms with Crippen molar-refractivity contribution in [3.8, 4) is 11.5 Å². The number of benzene rings is 1. The third-order valence-electron chi connectivity index (χ3n) is 4.11. The highest BCUT2D eigenvalue weighted by atomic mass is 32.2. The summed E-state index contributed by atoms with van der Waals surface area (Å²) in [7, 11) is -0.903. The van der Waals surface area contributed by atoms with E-state index in [4.69, 9.17) is 14.0 Å². The van der Waals surface area contributed by atoms with Gasteiger partial charge in [-0.3, -0.25) is 9.52 Å². The summed E-state index contributed by atoms with van der Waals surface area (Å²) in [5.41, 5.74) is 1.28. The average molecular weight is 464 g/mol. The molecular weight excluding hydrogens is 442 g/mol.